The van der Waals surface area contributed by atoms with Crippen LogP contribution in [0.4, 0.5) is 4.39 Å². The van der Waals surface area contributed by atoms with Crippen LogP contribution in [0.2, 0.25) is 0 Å². The first-order valence-electron chi connectivity index (χ1n) is 8.33. The predicted octanol–water partition coefficient (Wildman–Crippen LogP) is 3.20. The number of rotatable bonds is 4. The van der Waals surface area contributed by atoms with Gasteiger partial charge < -0.3 is 14.3 Å². The van der Waals surface area contributed by atoms with Gasteiger partial charge in [0.15, 0.2) is 5.76 Å². The highest BCUT2D eigenvalue weighted by molar-refractivity contribution is 5.85. The van der Waals surface area contributed by atoms with Crippen molar-refractivity contribution in [1.82, 2.24) is 24.8 Å². The number of oxazole rings is 1. The zero-order chi connectivity index (χ0) is 17.2. The number of nitrogens with one attached hydrogen (secondary N) is 1. The van der Waals surface area contributed by atoms with Gasteiger partial charge >= 0.3 is 0 Å². The normalized spacial score (nSPS) is 17.2. The van der Waals surface area contributed by atoms with Crippen molar-refractivity contribution in [2.45, 2.75) is 12.6 Å². The van der Waals surface area contributed by atoms with Gasteiger partial charge in [0, 0.05) is 44.6 Å². The molecule has 146 valence electrons. The lowest BCUT2D eigenvalue weighted by Crippen LogP contribution is -2.46. The molecule has 0 spiro atoms. The Morgan fingerprint density at radius 1 is 1.30 bits per heavy atom. The summed E-state index contributed by atoms with van der Waals surface area (Å²) in [6.07, 6.45) is 5.42. The van der Waals surface area contributed by atoms with Crippen molar-refractivity contribution in [2.75, 3.05) is 19.6 Å². The first-order valence-corrected chi connectivity index (χ1v) is 8.33. The summed E-state index contributed by atoms with van der Waals surface area (Å²) in [4.78, 5) is 11.2. The third kappa shape index (κ3) is 4.68. The summed E-state index contributed by atoms with van der Waals surface area (Å²) in [5.74, 6) is 1.94. The summed E-state index contributed by atoms with van der Waals surface area (Å²) in [7, 11) is 2.00. The minimum Gasteiger partial charge on any atom is -0.439 e. The molecule has 1 unspecified atom stereocenters. The number of hydrogen-bond acceptors (Lipinski definition) is 5. The minimum absolute atomic E-state index is 0. The monoisotopic (exact) mass is 413 g/mol. The van der Waals surface area contributed by atoms with E-state index in [-0.39, 0.29) is 36.7 Å². The van der Waals surface area contributed by atoms with E-state index < -0.39 is 0 Å². The van der Waals surface area contributed by atoms with Crippen molar-refractivity contribution in [3.63, 3.8) is 0 Å². The van der Waals surface area contributed by atoms with Gasteiger partial charge in [0.2, 0.25) is 5.89 Å². The van der Waals surface area contributed by atoms with Crippen molar-refractivity contribution < 1.29 is 8.81 Å². The van der Waals surface area contributed by atoms with Crippen molar-refractivity contribution >= 4 is 24.8 Å². The molecule has 0 bridgehead atoms. The third-order valence-corrected chi connectivity index (χ3v) is 4.51. The summed E-state index contributed by atoms with van der Waals surface area (Å²) in [5, 5.41) is 3.42. The maximum absolute atomic E-state index is 13.4. The second kappa shape index (κ2) is 9.32. The molecular formula is C18H22Cl2FN5O. The smallest absolute Gasteiger partial charge is 0.209 e. The topological polar surface area (TPSA) is 59.1 Å². The van der Waals surface area contributed by atoms with E-state index in [1.165, 1.54) is 12.1 Å². The van der Waals surface area contributed by atoms with Gasteiger partial charge in [-0.1, -0.05) is 12.1 Å². The zero-order valence-corrected chi connectivity index (χ0v) is 16.5. The molecule has 1 N–H and O–H groups in total. The SMILES string of the molecule is Cl.Cl.Cn1ccnc1C1CNCCN1Cc1ncc(-c2cccc(F)c2)o1. The predicted molar refractivity (Wildman–Crippen MR) is 106 cm³/mol. The summed E-state index contributed by atoms with van der Waals surface area (Å²) in [6, 6.07) is 6.51. The molecule has 27 heavy (non-hydrogen) atoms. The average Bonchev–Trinajstić information content (AvgIpc) is 3.25. The van der Waals surface area contributed by atoms with Crippen molar-refractivity contribution in [3.05, 3.63) is 60.4 Å². The molecule has 2 aromatic heterocycles. The lowest BCUT2D eigenvalue weighted by atomic mass is 10.1. The second-order valence-electron chi connectivity index (χ2n) is 6.22. The lowest BCUT2D eigenvalue weighted by molar-refractivity contribution is 0.132. The quantitative estimate of drug-likeness (QED) is 0.711. The maximum Gasteiger partial charge on any atom is 0.209 e. The number of halogens is 3. The van der Waals surface area contributed by atoms with Gasteiger partial charge in [-0.15, -0.1) is 24.8 Å². The molecule has 3 aromatic rings. The molecule has 1 atom stereocenters. The molecule has 4 rings (SSSR count). The van der Waals surface area contributed by atoms with Crippen LogP contribution in [0.25, 0.3) is 11.3 Å². The van der Waals surface area contributed by atoms with E-state index in [9.17, 15) is 4.39 Å². The Balaban J connectivity index is 0.00000131. The van der Waals surface area contributed by atoms with Gasteiger partial charge in [-0.05, 0) is 12.1 Å². The Hall–Kier alpha value is -1.93. The Bertz CT molecular complexity index is 869. The Morgan fingerprint density at radius 3 is 2.89 bits per heavy atom. The fraction of sp³-hybridized carbons (Fsp3) is 0.333. The van der Waals surface area contributed by atoms with Gasteiger partial charge in [0.05, 0.1) is 18.8 Å². The molecule has 1 saturated heterocycles. The van der Waals surface area contributed by atoms with Crippen LogP contribution in [-0.2, 0) is 13.6 Å². The summed E-state index contributed by atoms with van der Waals surface area (Å²) >= 11 is 0. The second-order valence-corrected chi connectivity index (χ2v) is 6.22. The van der Waals surface area contributed by atoms with Crippen LogP contribution in [0.3, 0.4) is 0 Å². The molecule has 1 aliphatic heterocycles. The largest absolute Gasteiger partial charge is 0.439 e. The van der Waals surface area contributed by atoms with Crippen LogP contribution in [0, 0.1) is 5.82 Å². The van der Waals surface area contributed by atoms with E-state index >= 15 is 0 Å². The van der Waals surface area contributed by atoms with Crippen LogP contribution in [-0.4, -0.2) is 39.1 Å². The molecular weight excluding hydrogens is 392 g/mol. The lowest BCUT2D eigenvalue weighted by Gasteiger charge is -2.34. The molecule has 1 aliphatic rings. The van der Waals surface area contributed by atoms with Crippen LogP contribution in [0.5, 0.6) is 0 Å². The summed E-state index contributed by atoms with van der Waals surface area (Å²) < 4.78 is 21.3. The van der Waals surface area contributed by atoms with Crippen LogP contribution >= 0.6 is 24.8 Å². The van der Waals surface area contributed by atoms with Crippen molar-refractivity contribution in [2.24, 2.45) is 7.05 Å². The van der Waals surface area contributed by atoms with Gasteiger partial charge in [-0.3, -0.25) is 4.90 Å². The Labute approximate surface area is 169 Å². The highest BCUT2D eigenvalue weighted by Crippen LogP contribution is 2.25. The standard InChI is InChI=1S/C18H20FN5O.2ClH/c1-23-7-6-21-18(23)15-10-20-5-8-24(15)12-17-22-11-16(25-17)13-3-2-4-14(19)9-13;;/h2-4,6-7,9,11,15,20H,5,8,10,12H2,1H3;2*1H. The fourth-order valence-corrected chi connectivity index (χ4v) is 3.22. The van der Waals surface area contributed by atoms with E-state index in [1.807, 2.05) is 30.1 Å². The van der Waals surface area contributed by atoms with E-state index in [0.29, 0.717) is 23.8 Å². The molecule has 0 saturated carbocycles. The van der Waals surface area contributed by atoms with Crippen molar-refractivity contribution in [1.29, 1.82) is 0 Å². The Morgan fingerprint density at radius 2 is 2.15 bits per heavy atom. The van der Waals surface area contributed by atoms with Gasteiger partial charge in [-0.25, -0.2) is 14.4 Å². The summed E-state index contributed by atoms with van der Waals surface area (Å²) in [6.45, 7) is 3.23. The molecule has 0 radical (unpaired) electrons. The zero-order valence-electron chi connectivity index (χ0n) is 14.8. The van der Waals surface area contributed by atoms with E-state index in [0.717, 1.165) is 25.5 Å². The van der Waals surface area contributed by atoms with E-state index in [4.69, 9.17) is 4.42 Å². The number of piperazine rings is 1. The fourth-order valence-electron chi connectivity index (χ4n) is 3.22. The first kappa shape index (κ1) is 21.4. The first-order chi connectivity index (χ1) is 12.2. The third-order valence-electron chi connectivity index (χ3n) is 4.51. The number of aromatic nitrogens is 3. The number of imidazole rings is 1. The molecule has 1 aromatic carbocycles. The van der Waals surface area contributed by atoms with Crippen LogP contribution < -0.4 is 5.32 Å². The maximum atomic E-state index is 13.4. The molecule has 1 fully saturated rings. The highest BCUT2D eigenvalue weighted by Gasteiger charge is 2.28. The molecule has 6 nitrogen and oxygen atoms in total. The molecule has 9 heteroatoms. The molecule has 0 amide bonds. The van der Waals surface area contributed by atoms with Crippen molar-refractivity contribution in [3.8, 4) is 11.3 Å². The molecule has 0 aliphatic carbocycles. The molecule has 3 heterocycles. The van der Waals surface area contributed by atoms with Gasteiger partial charge in [0.25, 0.3) is 0 Å². The van der Waals surface area contributed by atoms with E-state index in [1.54, 1.807) is 12.3 Å². The number of benzene rings is 1. The van der Waals surface area contributed by atoms with E-state index in [2.05, 4.69) is 20.2 Å². The van der Waals surface area contributed by atoms with Crippen LogP contribution in [0.1, 0.15) is 17.8 Å². The van der Waals surface area contributed by atoms with Gasteiger partial charge in [-0.2, -0.15) is 0 Å². The number of aryl methyl sites for hydroxylation is 1. The number of nitrogens with zero attached hydrogens (tertiary/aromatic N) is 4. The highest BCUT2D eigenvalue weighted by atomic mass is 35.5. The van der Waals surface area contributed by atoms with Gasteiger partial charge in [0.1, 0.15) is 11.6 Å². The Kier molecular flexibility index (Phi) is 7.38. The number of hydrogen-bond donors (Lipinski definition) is 1. The minimum atomic E-state index is -0.285. The summed E-state index contributed by atoms with van der Waals surface area (Å²) in [5.41, 5.74) is 0.694. The average molecular weight is 414 g/mol. The van der Waals surface area contributed by atoms with Crippen LogP contribution in [0.15, 0.2) is 47.3 Å².